The smallest absolute Gasteiger partial charge is 0.00978 e. The Morgan fingerprint density at radius 2 is 1.83 bits per heavy atom. The van der Waals surface area contributed by atoms with Gasteiger partial charge < -0.3 is 5.32 Å². The third-order valence-electron chi connectivity index (χ3n) is 3.51. The molecule has 70 valence electrons. The van der Waals surface area contributed by atoms with Gasteiger partial charge in [0.05, 0.1) is 0 Å². The molecule has 0 radical (unpaired) electrons. The van der Waals surface area contributed by atoms with Crippen LogP contribution in [0.4, 0.5) is 0 Å². The highest BCUT2D eigenvalue weighted by Crippen LogP contribution is 2.43. The maximum atomic E-state index is 3.66. The molecule has 0 spiro atoms. The van der Waals surface area contributed by atoms with Gasteiger partial charge in [0.2, 0.25) is 0 Å². The van der Waals surface area contributed by atoms with Gasteiger partial charge in [-0.15, -0.1) is 0 Å². The van der Waals surface area contributed by atoms with E-state index in [9.17, 15) is 0 Å². The zero-order valence-electron chi connectivity index (χ0n) is 8.18. The second-order valence-electron chi connectivity index (χ2n) is 4.45. The Bertz CT molecular complexity index is 138. The van der Waals surface area contributed by atoms with Crippen LogP contribution in [0.2, 0.25) is 0 Å². The fourth-order valence-electron chi connectivity index (χ4n) is 2.76. The number of rotatable bonds is 3. The van der Waals surface area contributed by atoms with E-state index in [4.69, 9.17) is 0 Å². The van der Waals surface area contributed by atoms with E-state index in [0.717, 1.165) is 24.4 Å². The maximum Gasteiger partial charge on any atom is 0.00978 e. The second kappa shape index (κ2) is 3.78. The van der Waals surface area contributed by atoms with Gasteiger partial charge in [0.25, 0.3) is 0 Å². The van der Waals surface area contributed by atoms with E-state index >= 15 is 0 Å². The maximum absolute atomic E-state index is 3.66. The molecule has 0 aliphatic heterocycles. The van der Waals surface area contributed by atoms with E-state index in [1.54, 1.807) is 0 Å². The Kier molecular flexibility index (Phi) is 2.69. The van der Waals surface area contributed by atoms with Crippen LogP contribution in [0.15, 0.2) is 0 Å². The monoisotopic (exact) mass is 167 g/mol. The van der Waals surface area contributed by atoms with Gasteiger partial charge in [-0.25, -0.2) is 0 Å². The van der Waals surface area contributed by atoms with Gasteiger partial charge in [-0.3, -0.25) is 0 Å². The summed E-state index contributed by atoms with van der Waals surface area (Å²) in [5.74, 6) is 2.15. The van der Waals surface area contributed by atoms with Crippen molar-refractivity contribution in [1.29, 1.82) is 0 Å². The first kappa shape index (κ1) is 8.55. The molecule has 0 amide bonds. The van der Waals surface area contributed by atoms with Crippen molar-refractivity contribution in [2.24, 2.45) is 11.8 Å². The lowest BCUT2D eigenvalue weighted by Gasteiger charge is -2.32. The van der Waals surface area contributed by atoms with Crippen LogP contribution in [0.5, 0.6) is 0 Å². The van der Waals surface area contributed by atoms with Crippen LogP contribution in [0.1, 0.15) is 45.4 Å². The fraction of sp³-hybridized carbons (Fsp3) is 1.00. The van der Waals surface area contributed by atoms with Crippen molar-refractivity contribution in [2.75, 3.05) is 6.54 Å². The topological polar surface area (TPSA) is 12.0 Å². The molecule has 12 heavy (non-hydrogen) atoms. The standard InChI is InChI=1S/C11H21N/c1-2-12-11-6-4-3-5-10(11)9-7-8-9/h9-12H,2-8H2,1H3. The lowest BCUT2D eigenvalue weighted by molar-refractivity contribution is 0.239. The minimum Gasteiger partial charge on any atom is -0.314 e. The van der Waals surface area contributed by atoms with E-state index in [-0.39, 0.29) is 0 Å². The van der Waals surface area contributed by atoms with Gasteiger partial charge in [0.1, 0.15) is 0 Å². The number of nitrogens with one attached hydrogen (secondary N) is 1. The van der Waals surface area contributed by atoms with E-state index in [0.29, 0.717) is 0 Å². The average molecular weight is 167 g/mol. The predicted molar refractivity (Wildman–Crippen MR) is 52.1 cm³/mol. The largest absolute Gasteiger partial charge is 0.314 e. The summed E-state index contributed by atoms with van der Waals surface area (Å²) in [6.07, 6.45) is 8.93. The SMILES string of the molecule is CCNC1CCCCC1C1CC1. The van der Waals surface area contributed by atoms with Gasteiger partial charge >= 0.3 is 0 Å². The van der Waals surface area contributed by atoms with Crippen molar-refractivity contribution in [3.05, 3.63) is 0 Å². The van der Waals surface area contributed by atoms with Crippen LogP contribution >= 0.6 is 0 Å². The van der Waals surface area contributed by atoms with Crippen LogP contribution < -0.4 is 5.32 Å². The van der Waals surface area contributed by atoms with Crippen LogP contribution in [0.3, 0.4) is 0 Å². The van der Waals surface area contributed by atoms with Crippen LogP contribution in [0.25, 0.3) is 0 Å². The molecule has 0 aromatic heterocycles. The average Bonchev–Trinajstić information content (AvgIpc) is 2.89. The van der Waals surface area contributed by atoms with E-state index in [1.807, 2.05) is 0 Å². The predicted octanol–water partition coefficient (Wildman–Crippen LogP) is 2.56. The first-order chi connectivity index (χ1) is 5.92. The molecular formula is C11H21N. The molecule has 0 aromatic rings. The molecule has 1 N–H and O–H groups in total. The Morgan fingerprint density at radius 1 is 1.08 bits per heavy atom. The van der Waals surface area contributed by atoms with Crippen LogP contribution in [-0.2, 0) is 0 Å². The molecule has 0 aromatic carbocycles. The molecule has 0 heterocycles. The third-order valence-corrected chi connectivity index (χ3v) is 3.51. The molecule has 1 heteroatoms. The molecule has 2 unspecified atom stereocenters. The summed E-state index contributed by atoms with van der Waals surface area (Å²) >= 11 is 0. The highest BCUT2D eigenvalue weighted by molar-refractivity contribution is 4.91. The Balaban J connectivity index is 1.87. The van der Waals surface area contributed by atoms with Crippen molar-refractivity contribution in [3.8, 4) is 0 Å². The van der Waals surface area contributed by atoms with Crippen LogP contribution in [0, 0.1) is 11.8 Å². The summed E-state index contributed by atoms with van der Waals surface area (Å²) in [4.78, 5) is 0. The van der Waals surface area contributed by atoms with Gasteiger partial charge in [0, 0.05) is 6.04 Å². The zero-order valence-corrected chi connectivity index (χ0v) is 8.18. The summed E-state index contributed by atoms with van der Waals surface area (Å²) < 4.78 is 0. The van der Waals surface area contributed by atoms with Crippen LogP contribution in [-0.4, -0.2) is 12.6 Å². The van der Waals surface area contributed by atoms with Crippen molar-refractivity contribution in [3.63, 3.8) is 0 Å². The minimum atomic E-state index is 0.872. The van der Waals surface area contributed by atoms with Crippen molar-refractivity contribution < 1.29 is 0 Å². The van der Waals surface area contributed by atoms with E-state index in [1.165, 1.54) is 38.5 Å². The zero-order chi connectivity index (χ0) is 8.39. The summed E-state index contributed by atoms with van der Waals surface area (Å²) in [6, 6.07) is 0.872. The van der Waals surface area contributed by atoms with E-state index in [2.05, 4.69) is 12.2 Å². The molecule has 2 aliphatic carbocycles. The summed E-state index contributed by atoms with van der Waals surface area (Å²) in [5.41, 5.74) is 0. The third kappa shape index (κ3) is 1.82. The van der Waals surface area contributed by atoms with Crippen molar-refractivity contribution in [1.82, 2.24) is 5.32 Å². The Hall–Kier alpha value is -0.0400. The van der Waals surface area contributed by atoms with Crippen molar-refractivity contribution >= 4 is 0 Å². The minimum absolute atomic E-state index is 0.872. The highest BCUT2D eigenvalue weighted by Gasteiger charge is 2.37. The normalized spacial score (nSPS) is 36.8. The lowest BCUT2D eigenvalue weighted by atomic mass is 9.81. The highest BCUT2D eigenvalue weighted by atomic mass is 14.9. The summed E-state index contributed by atoms with van der Waals surface area (Å²) in [6.45, 7) is 3.40. The molecule has 2 fully saturated rings. The molecule has 2 aliphatic rings. The summed E-state index contributed by atoms with van der Waals surface area (Å²) in [5, 5.41) is 3.66. The quantitative estimate of drug-likeness (QED) is 0.681. The fourth-order valence-corrected chi connectivity index (χ4v) is 2.76. The number of hydrogen-bond acceptors (Lipinski definition) is 1. The van der Waals surface area contributed by atoms with Gasteiger partial charge in [-0.2, -0.15) is 0 Å². The van der Waals surface area contributed by atoms with Crippen molar-refractivity contribution in [2.45, 2.75) is 51.5 Å². The second-order valence-corrected chi connectivity index (χ2v) is 4.45. The van der Waals surface area contributed by atoms with Gasteiger partial charge in [0.15, 0.2) is 0 Å². The first-order valence-corrected chi connectivity index (χ1v) is 5.65. The number of hydrogen-bond donors (Lipinski definition) is 1. The molecule has 2 atom stereocenters. The Morgan fingerprint density at radius 3 is 2.50 bits per heavy atom. The molecular weight excluding hydrogens is 146 g/mol. The molecule has 1 nitrogen and oxygen atoms in total. The first-order valence-electron chi connectivity index (χ1n) is 5.65. The molecule has 2 saturated carbocycles. The Labute approximate surface area is 75.9 Å². The van der Waals surface area contributed by atoms with Gasteiger partial charge in [-0.05, 0) is 44.1 Å². The van der Waals surface area contributed by atoms with Gasteiger partial charge in [-0.1, -0.05) is 19.8 Å². The molecule has 0 bridgehead atoms. The summed E-state index contributed by atoms with van der Waals surface area (Å²) in [7, 11) is 0. The molecule has 2 rings (SSSR count). The van der Waals surface area contributed by atoms with E-state index < -0.39 is 0 Å². The lowest BCUT2D eigenvalue weighted by Crippen LogP contribution is -2.39. The molecule has 0 saturated heterocycles.